The van der Waals surface area contributed by atoms with Gasteiger partial charge in [-0.15, -0.1) is 0 Å². The smallest absolute Gasteiger partial charge is 0.194 e. The normalized spacial score (nSPS) is 14.1. The zero-order valence-electron chi connectivity index (χ0n) is 14.6. The van der Waals surface area contributed by atoms with E-state index in [2.05, 4.69) is 0 Å². The Balaban J connectivity index is 1.77. The molecule has 0 saturated carbocycles. The topological polar surface area (TPSA) is 54.4 Å². The van der Waals surface area contributed by atoms with Crippen molar-refractivity contribution < 1.29 is 14.7 Å². The summed E-state index contributed by atoms with van der Waals surface area (Å²) in [6, 6.07) is 25.5. The molecular formula is C24H18O3. The van der Waals surface area contributed by atoms with Crippen molar-refractivity contribution in [3.8, 4) is 0 Å². The lowest BCUT2D eigenvalue weighted by atomic mass is 9.84. The Morgan fingerprint density at radius 3 is 1.96 bits per heavy atom. The van der Waals surface area contributed by atoms with Crippen LogP contribution in [0.4, 0.5) is 0 Å². The number of hydrogen-bond acceptors (Lipinski definition) is 3. The maximum Gasteiger partial charge on any atom is 0.194 e. The van der Waals surface area contributed by atoms with Crippen molar-refractivity contribution in [1.29, 1.82) is 0 Å². The monoisotopic (exact) mass is 354 g/mol. The first-order chi connectivity index (χ1) is 13.2. The third-order valence-electron chi connectivity index (χ3n) is 4.96. The fraction of sp³-hybridized carbons (Fsp3) is 0.0833. The van der Waals surface area contributed by atoms with Gasteiger partial charge in [-0.3, -0.25) is 9.59 Å². The van der Waals surface area contributed by atoms with Gasteiger partial charge in [0.05, 0.1) is 5.57 Å². The van der Waals surface area contributed by atoms with Gasteiger partial charge in [-0.05, 0) is 5.56 Å². The summed E-state index contributed by atoms with van der Waals surface area (Å²) in [4.78, 5) is 25.9. The molecule has 27 heavy (non-hydrogen) atoms. The predicted octanol–water partition coefficient (Wildman–Crippen LogP) is 5.21. The minimum atomic E-state index is -0.501. The van der Waals surface area contributed by atoms with Gasteiger partial charge in [-0.1, -0.05) is 84.9 Å². The van der Waals surface area contributed by atoms with Crippen molar-refractivity contribution in [3.63, 3.8) is 0 Å². The summed E-state index contributed by atoms with van der Waals surface area (Å²) in [7, 11) is 0. The molecule has 0 fully saturated rings. The van der Waals surface area contributed by atoms with Crippen LogP contribution in [0.3, 0.4) is 0 Å². The maximum absolute atomic E-state index is 13.0. The van der Waals surface area contributed by atoms with Crippen LogP contribution in [0.25, 0.3) is 5.76 Å². The molecule has 1 atom stereocenters. The summed E-state index contributed by atoms with van der Waals surface area (Å²) < 4.78 is 0. The number of hydrogen-bond donors (Lipinski definition) is 1. The van der Waals surface area contributed by atoms with Crippen LogP contribution in [0.2, 0.25) is 0 Å². The zero-order chi connectivity index (χ0) is 18.8. The van der Waals surface area contributed by atoms with Gasteiger partial charge < -0.3 is 5.11 Å². The first kappa shape index (κ1) is 17.0. The number of benzene rings is 3. The van der Waals surface area contributed by atoms with E-state index in [0.717, 1.165) is 5.56 Å². The van der Waals surface area contributed by atoms with Crippen molar-refractivity contribution in [2.45, 2.75) is 12.3 Å². The first-order valence-corrected chi connectivity index (χ1v) is 8.87. The van der Waals surface area contributed by atoms with E-state index in [1.54, 1.807) is 36.4 Å². The largest absolute Gasteiger partial charge is 0.507 e. The van der Waals surface area contributed by atoms with Crippen LogP contribution in [0.5, 0.6) is 0 Å². The molecule has 0 spiro atoms. The fourth-order valence-electron chi connectivity index (χ4n) is 3.61. The van der Waals surface area contributed by atoms with Crippen LogP contribution in [0, 0.1) is 0 Å². The molecule has 0 heterocycles. The Labute approximate surface area is 157 Å². The molecule has 1 aliphatic carbocycles. The maximum atomic E-state index is 13.0. The SMILES string of the molecule is O=C(C[C@H](C1=C(O)c2ccccc2C1=O)c1ccccc1)c1ccccc1. The average molecular weight is 354 g/mol. The highest BCUT2D eigenvalue weighted by atomic mass is 16.3. The highest BCUT2D eigenvalue weighted by molar-refractivity contribution is 6.20. The lowest BCUT2D eigenvalue weighted by molar-refractivity contribution is 0.0972. The molecule has 1 N–H and O–H groups in total. The van der Waals surface area contributed by atoms with Gasteiger partial charge in [0.25, 0.3) is 0 Å². The van der Waals surface area contributed by atoms with Crippen LogP contribution in [0.1, 0.15) is 44.2 Å². The second-order valence-electron chi connectivity index (χ2n) is 6.59. The number of carbonyl (C=O) groups is 2. The number of ketones is 2. The van der Waals surface area contributed by atoms with Crippen LogP contribution in [-0.4, -0.2) is 16.7 Å². The second kappa shape index (κ2) is 7.04. The number of rotatable bonds is 5. The summed E-state index contributed by atoms with van der Waals surface area (Å²) in [5, 5.41) is 10.8. The van der Waals surface area contributed by atoms with E-state index in [4.69, 9.17) is 0 Å². The van der Waals surface area contributed by atoms with Gasteiger partial charge in [0.15, 0.2) is 11.6 Å². The van der Waals surface area contributed by atoms with Crippen molar-refractivity contribution in [1.82, 2.24) is 0 Å². The molecule has 0 radical (unpaired) electrons. The van der Waals surface area contributed by atoms with Crippen LogP contribution < -0.4 is 0 Å². The van der Waals surface area contributed by atoms with Crippen LogP contribution in [0.15, 0.2) is 90.5 Å². The van der Waals surface area contributed by atoms with Gasteiger partial charge in [0.1, 0.15) is 5.76 Å². The first-order valence-electron chi connectivity index (χ1n) is 8.87. The minimum absolute atomic E-state index is 0.0229. The van der Waals surface area contributed by atoms with E-state index >= 15 is 0 Å². The lowest BCUT2D eigenvalue weighted by Crippen LogP contribution is -2.14. The summed E-state index contributed by atoms with van der Waals surface area (Å²) in [6.45, 7) is 0. The number of aliphatic hydroxyl groups is 1. The minimum Gasteiger partial charge on any atom is -0.507 e. The third-order valence-corrected chi connectivity index (χ3v) is 4.96. The molecule has 1 aliphatic rings. The highest BCUT2D eigenvalue weighted by Crippen LogP contribution is 2.41. The Kier molecular flexibility index (Phi) is 4.43. The fourth-order valence-corrected chi connectivity index (χ4v) is 3.61. The Bertz CT molecular complexity index is 1030. The van der Waals surface area contributed by atoms with Gasteiger partial charge in [0.2, 0.25) is 0 Å². The molecule has 3 nitrogen and oxygen atoms in total. The molecule has 3 heteroatoms. The van der Waals surface area contributed by atoms with E-state index in [0.29, 0.717) is 22.3 Å². The molecule has 0 aromatic heterocycles. The second-order valence-corrected chi connectivity index (χ2v) is 6.59. The molecule has 3 aromatic carbocycles. The van der Waals surface area contributed by atoms with Gasteiger partial charge in [-0.25, -0.2) is 0 Å². The van der Waals surface area contributed by atoms with Gasteiger partial charge >= 0.3 is 0 Å². The summed E-state index contributed by atoms with van der Waals surface area (Å²) in [5.41, 5.74) is 2.75. The van der Waals surface area contributed by atoms with E-state index in [-0.39, 0.29) is 23.7 Å². The molecule has 3 aromatic rings. The molecule has 0 bridgehead atoms. The van der Waals surface area contributed by atoms with Crippen molar-refractivity contribution >= 4 is 17.3 Å². The Morgan fingerprint density at radius 1 is 0.778 bits per heavy atom. The molecule has 0 aliphatic heterocycles. The number of Topliss-reactive ketones (excluding diaryl/α,β-unsaturated/α-hetero) is 2. The van der Waals surface area contributed by atoms with E-state index in [9.17, 15) is 14.7 Å². The molecule has 0 saturated heterocycles. The molecule has 0 amide bonds. The number of aliphatic hydroxyl groups excluding tert-OH is 1. The van der Waals surface area contributed by atoms with Gasteiger partial charge in [-0.2, -0.15) is 0 Å². The quantitative estimate of drug-likeness (QED) is 0.640. The van der Waals surface area contributed by atoms with Crippen molar-refractivity contribution in [2.75, 3.05) is 0 Å². The third kappa shape index (κ3) is 3.08. The Hall–Kier alpha value is -3.46. The predicted molar refractivity (Wildman–Crippen MR) is 105 cm³/mol. The van der Waals surface area contributed by atoms with Crippen LogP contribution >= 0.6 is 0 Å². The zero-order valence-corrected chi connectivity index (χ0v) is 14.6. The lowest BCUT2D eigenvalue weighted by Gasteiger charge is -2.18. The molecule has 132 valence electrons. The van der Waals surface area contributed by atoms with Gasteiger partial charge in [0, 0.05) is 29.0 Å². The summed E-state index contributed by atoms with van der Waals surface area (Å²) in [5.74, 6) is -0.796. The number of allylic oxidation sites excluding steroid dienone is 1. The summed E-state index contributed by atoms with van der Waals surface area (Å²) in [6.07, 6.45) is 0.118. The molecule has 4 rings (SSSR count). The number of carbonyl (C=O) groups excluding carboxylic acids is 2. The highest BCUT2D eigenvalue weighted by Gasteiger charge is 2.36. The van der Waals surface area contributed by atoms with E-state index < -0.39 is 5.92 Å². The summed E-state index contributed by atoms with van der Waals surface area (Å²) >= 11 is 0. The molecular weight excluding hydrogens is 336 g/mol. The van der Waals surface area contributed by atoms with Crippen molar-refractivity contribution in [2.24, 2.45) is 0 Å². The average Bonchev–Trinajstić information content (AvgIpc) is 2.98. The number of fused-ring (bicyclic) bond motifs is 1. The van der Waals surface area contributed by atoms with Crippen LogP contribution in [-0.2, 0) is 0 Å². The van der Waals surface area contributed by atoms with E-state index in [1.165, 1.54) is 0 Å². The standard InChI is InChI=1S/C24H18O3/c25-21(17-11-5-2-6-12-17)15-20(16-9-3-1-4-10-16)22-23(26)18-13-7-8-14-19(18)24(22)27/h1-14,20,26H,15H2/t20-/m0/s1. The van der Waals surface area contributed by atoms with E-state index in [1.807, 2.05) is 48.5 Å². The Morgan fingerprint density at radius 2 is 1.33 bits per heavy atom. The molecule has 0 unspecified atom stereocenters. The van der Waals surface area contributed by atoms with Crippen molar-refractivity contribution in [3.05, 3.63) is 113 Å².